The lowest BCUT2D eigenvalue weighted by Gasteiger charge is -2.16. The Kier molecular flexibility index (Phi) is 6.94. The fourth-order valence-corrected chi connectivity index (χ4v) is 5.43. The Labute approximate surface area is 240 Å². The number of hydrazone groups is 1. The van der Waals surface area contributed by atoms with Crippen molar-refractivity contribution >= 4 is 55.6 Å². The van der Waals surface area contributed by atoms with Crippen LogP contribution in [0.15, 0.2) is 113 Å². The van der Waals surface area contributed by atoms with Crippen molar-refractivity contribution < 1.29 is 14.3 Å². The normalized spacial score (nSPS) is 14.3. The number of rotatable bonds is 7. The molecule has 1 aromatic heterocycles. The maximum absolute atomic E-state index is 14.0. The van der Waals surface area contributed by atoms with Crippen molar-refractivity contribution in [3.8, 4) is 17.2 Å². The van der Waals surface area contributed by atoms with Crippen LogP contribution >= 0.6 is 22.9 Å². The monoisotopic (exact) mass is 566 g/mol. The summed E-state index contributed by atoms with van der Waals surface area (Å²) in [5, 5.41) is 10.5. The second-order valence-corrected chi connectivity index (χ2v) is 10.4. The van der Waals surface area contributed by atoms with Gasteiger partial charge in [0.05, 0.1) is 28.6 Å². The molecule has 0 fully saturated rings. The number of nitrogens with one attached hydrogen (secondary N) is 1. The SMILES string of the molecule is COc1ccc(C2=NN(c3nc4ccccc4s3)C(=O)/C2=C(/C)Nc2cc(Cl)ccc2Oc2ccccc2)cc1. The number of para-hydroxylation sites is 2. The Hall–Kier alpha value is -4.66. The number of amides is 1. The Morgan fingerprint density at radius 1 is 0.925 bits per heavy atom. The lowest BCUT2D eigenvalue weighted by Crippen LogP contribution is -2.23. The Morgan fingerprint density at radius 3 is 2.42 bits per heavy atom. The molecule has 4 aromatic carbocycles. The van der Waals surface area contributed by atoms with Gasteiger partial charge in [-0.1, -0.05) is 53.3 Å². The van der Waals surface area contributed by atoms with E-state index in [2.05, 4.69) is 10.3 Å². The molecule has 6 rings (SSSR count). The molecule has 5 aromatic rings. The standard InChI is InChI=1S/C31H23ClN4O3S/c1-19(33-25-18-21(32)14-17-26(25)39-23-8-4-3-5-9-23)28-29(20-12-15-22(38-2)16-13-20)35-36(30(28)37)31-34-24-10-6-7-11-27(24)40-31/h3-18,33H,1-2H3/b28-19-. The molecule has 0 radical (unpaired) electrons. The minimum absolute atomic E-state index is 0.289. The second-order valence-electron chi connectivity index (χ2n) is 8.94. The van der Waals surface area contributed by atoms with Crippen LogP contribution in [-0.4, -0.2) is 23.7 Å². The fraction of sp³-hybridized carbons (Fsp3) is 0.0645. The molecule has 7 nitrogen and oxygen atoms in total. The Bertz CT molecular complexity index is 1750. The van der Waals surface area contributed by atoms with E-state index in [-0.39, 0.29) is 5.91 Å². The topological polar surface area (TPSA) is 76.0 Å². The third-order valence-electron chi connectivity index (χ3n) is 6.28. The van der Waals surface area contributed by atoms with E-state index in [1.807, 2.05) is 85.8 Å². The Balaban J connectivity index is 1.42. The van der Waals surface area contributed by atoms with Crippen molar-refractivity contribution in [2.45, 2.75) is 6.92 Å². The van der Waals surface area contributed by atoms with E-state index in [1.54, 1.807) is 25.3 Å². The summed E-state index contributed by atoms with van der Waals surface area (Å²) in [4.78, 5) is 18.6. The number of fused-ring (bicyclic) bond motifs is 1. The van der Waals surface area contributed by atoms with Gasteiger partial charge in [0.1, 0.15) is 17.2 Å². The van der Waals surface area contributed by atoms with Gasteiger partial charge in [0.2, 0.25) is 5.13 Å². The predicted molar refractivity (Wildman–Crippen MR) is 161 cm³/mol. The second kappa shape index (κ2) is 10.8. The van der Waals surface area contributed by atoms with Gasteiger partial charge < -0.3 is 14.8 Å². The lowest BCUT2D eigenvalue weighted by molar-refractivity contribution is -0.114. The van der Waals surface area contributed by atoms with E-state index >= 15 is 0 Å². The highest BCUT2D eigenvalue weighted by Crippen LogP contribution is 2.37. The van der Waals surface area contributed by atoms with Crippen molar-refractivity contribution in [3.63, 3.8) is 0 Å². The van der Waals surface area contributed by atoms with E-state index in [4.69, 9.17) is 26.2 Å². The molecule has 0 atom stereocenters. The van der Waals surface area contributed by atoms with Gasteiger partial charge in [-0.25, -0.2) is 4.98 Å². The highest BCUT2D eigenvalue weighted by Gasteiger charge is 2.35. The minimum atomic E-state index is -0.289. The first-order valence-corrected chi connectivity index (χ1v) is 13.6. The van der Waals surface area contributed by atoms with Crippen molar-refractivity contribution in [1.82, 2.24) is 4.98 Å². The molecule has 1 N–H and O–H groups in total. The highest BCUT2D eigenvalue weighted by molar-refractivity contribution is 7.22. The van der Waals surface area contributed by atoms with Crippen molar-refractivity contribution in [2.75, 3.05) is 17.4 Å². The predicted octanol–water partition coefficient (Wildman–Crippen LogP) is 7.89. The van der Waals surface area contributed by atoms with Crippen LogP contribution in [0.2, 0.25) is 5.02 Å². The third kappa shape index (κ3) is 5.02. The number of nitrogens with zero attached hydrogens (tertiary/aromatic N) is 3. The molecule has 1 aliphatic rings. The smallest absolute Gasteiger partial charge is 0.284 e. The molecule has 9 heteroatoms. The number of anilines is 2. The van der Waals surface area contributed by atoms with Crippen LogP contribution in [0.4, 0.5) is 10.8 Å². The molecule has 2 heterocycles. The molecule has 1 amide bonds. The van der Waals surface area contributed by atoms with Crippen molar-refractivity contribution in [2.24, 2.45) is 5.10 Å². The highest BCUT2D eigenvalue weighted by atomic mass is 35.5. The summed E-state index contributed by atoms with van der Waals surface area (Å²) in [7, 11) is 1.61. The molecule has 0 unspecified atom stereocenters. The summed E-state index contributed by atoms with van der Waals surface area (Å²) in [6.45, 7) is 1.83. The van der Waals surface area contributed by atoms with Gasteiger partial charge >= 0.3 is 0 Å². The van der Waals surface area contributed by atoms with Crippen LogP contribution in [0.3, 0.4) is 0 Å². The Morgan fingerprint density at radius 2 is 1.68 bits per heavy atom. The first-order valence-electron chi connectivity index (χ1n) is 12.4. The molecule has 1 aliphatic heterocycles. The quantitative estimate of drug-likeness (QED) is 0.203. The molecular formula is C31H23ClN4O3S. The van der Waals surface area contributed by atoms with Gasteiger partial charge in [0.15, 0.2) is 5.75 Å². The van der Waals surface area contributed by atoms with Gasteiger partial charge in [0, 0.05) is 16.3 Å². The average molecular weight is 567 g/mol. The largest absolute Gasteiger partial charge is 0.497 e. The molecule has 0 aliphatic carbocycles. The van der Waals surface area contributed by atoms with E-state index in [9.17, 15) is 4.79 Å². The molecular weight excluding hydrogens is 544 g/mol. The summed E-state index contributed by atoms with van der Waals surface area (Å²) >= 11 is 7.77. The average Bonchev–Trinajstić information content (AvgIpc) is 3.56. The summed E-state index contributed by atoms with van der Waals surface area (Å²) in [6.07, 6.45) is 0. The zero-order valence-corrected chi connectivity index (χ0v) is 23.2. The van der Waals surface area contributed by atoms with Crippen LogP contribution in [0.5, 0.6) is 17.2 Å². The van der Waals surface area contributed by atoms with Gasteiger partial charge in [-0.05, 0) is 73.7 Å². The zero-order chi connectivity index (χ0) is 27.6. The molecule has 0 saturated heterocycles. The van der Waals surface area contributed by atoms with E-state index in [0.717, 1.165) is 15.8 Å². The number of benzene rings is 4. The molecule has 40 heavy (non-hydrogen) atoms. The van der Waals surface area contributed by atoms with Crippen LogP contribution in [0.25, 0.3) is 10.2 Å². The summed E-state index contributed by atoms with van der Waals surface area (Å²) in [5.74, 6) is 1.66. The lowest BCUT2D eigenvalue weighted by atomic mass is 10.0. The van der Waals surface area contributed by atoms with Crippen LogP contribution in [0, 0.1) is 0 Å². The number of methoxy groups -OCH3 is 1. The number of hydrogen-bond donors (Lipinski definition) is 1. The first-order chi connectivity index (χ1) is 19.5. The number of aromatic nitrogens is 1. The van der Waals surface area contributed by atoms with E-state index in [1.165, 1.54) is 16.3 Å². The third-order valence-corrected chi connectivity index (χ3v) is 7.53. The number of carbonyl (C=O) groups excluding carboxylic acids is 1. The minimum Gasteiger partial charge on any atom is -0.497 e. The molecule has 0 bridgehead atoms. The summed E-state index contributed by atoms with van der Waals surface area (Å²) in [6, 6.07) is 30.0. The van der Waals surface area contributed by atoms with Crippen molar-refractivity contribution in [1.29, 1.82) is 0 Å². The van der Waals surface area contributed by atoms with E-state index < -0.39 is 0 Å². The fourth-order valence-electron chi connectivity index (χ4n) is 4.34. The van der Waals surface area contributed by atoms with Crippen LogP contribution < -0.4 is 19.8 Å². The first kappa shape index (κ1) is 25.6. The number of hydrogen-bond acceptors (Lipinski definition) is 7. The van der Waals surface area contributed by atoms with Gasteiger partial charge in [-0.15, -0.1) is 0 Å². The zero-order valence-electron chi connectivity index (χ0n) is 21.6. The molecule has 198 valence electrons. The summed E-state index contributed by atoms with van der Waals surface area (Å²) in [5.41, 5.74) is 3.70. The number of thiazole rings is 1. The maximum atomic E-state index is 14.0. The van der Waals surface area contributed by atoms with Gasteiger partial charge in [0.25, 0.3) is 5.91 Å². The number of allylic oxidation sites excluding steroid dienone is 1. The van der Waals surface area contributed by atoms with Gasteiger partial charge in [-0.3, -0.25) is 4.79 Å². The van der Waals surface area contributed by atoms with E-state index in [0.29, 0.717) is 50.1 Å². The number of halogens is 1. The van der Waals surface area contributed by atoms with Gasteiger partial charge in [-0.2, -0.15) is 10.1 Å². The maximum Gasteiger partial charge on any atom is 0.284 e. The number of ether oxygens (including phenoxy) is 2. The van der Waals surface area contributed by atoms with Crippen LogP contribution in [0.1, 0.15) is 12.5 Å². The summed E-state index contributed by atoms with van der Waals surface area (Å²) < 4.78 is 12.4. The number of carbonyl (C=O) groups is 1. The molecule has 0 spiro atoms. The van der Waals surface area contributed by atoms with Crippen LogP contribution in [-0.2, 0) is 4.79 Å². The van der Waals surface area contributed by atoms with Crippen molar-refractivity contribution in [3.05, 3.63) is 119 Å². The molecule has 0 saturated carbocycles.